The van der Waals surface area contributed by atoms with Crippen LogP contribution in [0.15, 0.2) is 0 Å². The van der Waals surface area contributed by atoms with Crippen molar-refractivity contribution in [2.45, 2.75) is 59.8 Å². The largest absolute Gasteiger partial charge is 0.469 e. The Bertz CT molecular complexity index is 291. The van der Waals surface area contributed by atoms with Crippen molar-refractivity contribution >= 4 is 5.97 Å². The second kappa shape index (κ2) is 6.74. The number of hydrogen-bond acceptors (Lipinski definition) is 3. The molecular weight excluding hydrogens is 238 g/mol. The Morgan fingerprint density at radius 2 is 1.68 bits per heavy atom. The quantitative estimate of drug-likeness (QED) is 0.751. The molecule has 19 heavy (non-hydrogen) atoms. The van der Waals surface area contributed by atoms with Crippen LogP contribution in [0, 0.1) is 16.7 Å². The highest BCUT2D eigenvalue weighted by Gasteiger charge is 2.32. The van der Waals surface area contributed by atoms with Crippen molar-refractivity contribution in [3.63, 3.8) is 0 Å². The molecule has 0 aromatic heterocycles. The van der Waals surface area contributed by atoms with E-state index in [2.05, 4.69) is 19.2 Å². The zero-order chi connectivity index (χ0) is 14.5. The van der Waals surface area contributed by atoms with Crippen molar-refractivity contribution < 1.29 is 9.53 Å². The molecule has 1 fully saturated rings. The number of nitrogens with one attached hydrogen (secondary N) is 1. The highest BCUT2D eigenvalue weighted by atomic mass is 16.5. The number of carbonyl (C=O) groups is 1. The normalized spacial score (nSPS) is 18.4. The van der Waals surface area contributed by atoms with E-state index in [1.165, 1.54) is 39.2 Å². The third-order valence-electron chi connectivity index (χ3n) is 4.60. The van der Waals surface area contributed by atoms with Gasteiger partial charge in [-0.05, 0) is 38.0 Å². The fraction of sp³-hybridized carbons (Fsp3) is 0.938. The van der Waals surface area contributed by atoms with Gasteiger partial charge < -0.3 is 10.1 Å². The molecule has 3 heteroatoms. The van der Waals surface area contributed by atoms with Gasteiger partial charge in [0.2, 0.25) is 0 Å². The molecule has 0 radical (unpaired) electrons. The second-order valence-corrected chi connectivity index (χ2v) is 7.30. The average molecular weight is 269 g/mol. The lowest BCUT2D eigenvalue weighted by molar-refractivity contribution is -0.150. The maximum absolute atomic E-state index is 11.6. The maximum atomic E-state index is 11.6. The molecule has 0 amide bonds. The molecule has 0 aliphatic heterocycles. The third kappa shape index (κ3) is 4.79. The van der Waals surface area contributed by atoms with Crippen LogP contribution in [0.1, 0.15) is 59.8 Å². The van der Waals surface area contributed by atoms with Gasteiger partial charge in [-0.25, -0.2) is 0 Å². The smallest absolute Gasteiger partial charge is 0.312 e. The van der Waals surface area contributed by atoms with Crippen LogP contribution in [0.2, 0.25) is 0 Å². The van der Waals surface area contributed by atoms with Crippen LogP contribution in [0.3, 0.4) is 0 Å². The topological polar surface area (TPSA) is 38.3 Å². The summed E-state index contributed by atoms with van der Waals surface area (Å²) in [6.07, 6.45) is 6.86. The Morgan fingerprint density at radius 1 is 1.11 bits per heavy atom. The van der Waals surface area contributed by atoms with Crippen molar-refractivity contribution in [3.05, 3.63) is 0 Å². The molecule has 0 heterocycles. The van der Waals surface area contributed by atoms with Crippen molar-refractivity contribution in [2.75, 3.05) is 20.2 Å². The summed E-state index contributed by atoms with van der Waals surface area (Å²) in [6.45, 7) is 10.2. The summed E-state index contributed by atoms with van der Waals surface area (Å²) in [4.78, 5) is 11.6. The third-order valence-corrected chi connectivity index (χ3v) is 4.60. The van der Waals surface area contributed by atoms with Gasteiger partial charge in [-0.2, -0.15) is 0 Å². The van der Waals surface area contributed by atoms with E-state index < -0.39 is 5.41 Å². The highest BCUT2D eigenvalue weighted by Crippen LogP contribution is 2.37. The lowest BCUT2D eigenvalue weighted by atomic mass is 9.71. The molecule has 1 N–H and O–H groups in total. The first-order chi connectivity index (χ1) is 8.79. The first-order valence-electron chi connectivity index (χ1n) is 7.59. The number of ether oxygens (including phenoxy) is 1. The number of carbonyl (C=O) groups excluding carboxylic acids is 1. The number of hydrogen-bond donors (Lipinski definition) is 1. The molecule has 112 valence electrons. The minimum Gasteiger partial charge on any atom is -0.469 e. The second-order valence-electron chi connectivity index (χ2n) is 7.30. The predicted molar refractivity (Wildman–Crippen MR) is 79.0 cm³/mol. The molecule has 0 unspecified atom stereocenters. The molecular formula is C16H31NO2. The van der Waals surface area contributed by atoms with E-state index in [1.54, 1.807) is 0 Å². The summed E-state index contributed by atoms with van der Waals surface area (Å²) >= 11 is 0. The first-order valence-corrected chi connectivity index (χ1v) is 7.59. The van der Waals surface area contributed by atoms with E-state index in [1.807, 2.05) is 13.8 Å². The average Bonchev–Trinajstić information content (AvgIpc) is 2.38. The van der Waals surface area contributed by atoms with Gasteiger partial charge >= 0.3 is 5.97 Å². The summed E-state index contributed by atoms with van der Waals surface area (Å²) in [6, 6.07) is 0. The van der Waals surface area contributed by atoms with Crippen LogP contribution in [-0.2, 0) is 9.53 Å². The van der Waals surface area contributed by atoms with Gasteiger partial charge in [0.05, 0.1) is 12.5 Å². The Morgan fingerprint density at radius 3 is 2.21 bits per heavy atom. The van der Waals surface area contributed by atoms with E-state index in [-0.39, 0.29) is 5.97 Å². The fourth-order valence-corrected chi connectivity index (χ4v) is 3.07. The van der Waals surface area contributed by atoms with Crippen molar-refractivity contribution in [3.8, 4) is 0 Å². The van der Waals surface area contributed by atoms with Crippen molar-refractivity contribution in [1.29, 1.82) is 0 Å². The van der Waals surface area contributed by atoms with Gasteiger partial charge in [0.15, 0.2) is 0 Å². The Hall–Kier alpha value is -0.570. The molecule has 0 saturated heterocycles. The van der Waals surface area contributed by atoms with Gasteiger partial charge in [-0.15, -0.1) is 0 Å². The molecule has 0 spiro atoms. The van der Waals surface area contributed by atoms with E-state index in [9.17, 15) is 4.79 Å². The van der Waals surface area contributed by atoms with E-state index >= 15 is 0 Å². The minimum absolute atomic E-state index is 0.143. The Kier molecular flexibility index (Phi) is 5.84. The van der Waals surface area contributed by atoms with Crippen LogP contribution in [-0.4, -0.2) is 26.2 Å². The van der Waals surface area contributed by atoms with Gasteiger partial charge in [-0.3, -0.25) is 4.79 Å². The fourth-order valence-electron chi connectivity index (χ4n) is 3.07. The summed E-state index contributed by atoms with van der Waals surface area (Å²) < 4.78 is 4.84. The van der Waals surface area contributed by atoms with Crippen LogP contribution >= 0.6 is 0 Å². The molecule has 1 aliphatic carbocycles. The van der Waals surface area contributed by atoms with Crippen LogP contribution in [0.25, 0.3) is 0 Å². The lowest BCUT2D eigenvalue weighted by Crippen LogP contribution is -2.43. The highest BCUT2D eigenvalue weighted by molar-refractivity contribution is 5.76. The molecule has 1 saturated carbocycles. The zero-order valence-corrected chi connectivity index (χ0v) is 13.3. The van der Waals surface area contributed by atoms with Crippen LogP contribution < -0.4 is 5.32 Å². The van der Waals surface area contributed by atoms with Crippen molar-refractivity contribution in [1.82, 2.24) is 5.32 Å². The molecule has 0 aromatic rings. The van der Waals surface area contributed by atoms with E-state index in [0.717, 1.165) is 12.5 Å². The molecule has 0 aromatic carbocycles. The summed E-state index contributed by atoms with van der Waals surface area (Å²) in [7, 11) is 1.45. The Labute approximate surface area is 118 Å². The predicted octanol–water partition coefficient (Wildman–Crippen LogP) is 3.38. The number of esters is 1. The molecule has 0 atom stereocenters. The summed E-state index contributed by atoms with van der Waals surface area (Å²) in [5.74, 6) is 0.672. The summed E-state index contributed by atoms with van der Waals surface area (Å²) in [5.41, 5.74) is -0.135. The minimum atomic E-state index is -0.447. The van der Waals surface area contributed by atoms with Crippen molar-refractivity contribution in [2.24, 2.45) is 16.7 Å². The molecule has 3 nitrogen and oxygen atoms in total. The monoisotopic (exact) mass is 269 g/mol. The van der Waals surface area contributed by atoms with Gasteiger partial charge in [0.1, 0.15) is 0 Å². The summed E-state index contributed by atoms with van der Waals surface area (Å²) in [5, 5.41) is 3.48. The SMILES string of the molecule is COC(=O)C(C)(C)CNCC(C)(C)C1CCCCC1. The molecule has 1 aliphatic rings. The molecule has 1 rings (SSSR count). The molecule has 0 bridgehead atoms. The lowest BCUT2D eigenvalue weighted by Gasteiger charge is -2.38. The number of methoxy groups -OCH3 is 1. The maximum Gasteiger partial charge on any atom is 0.312 e. The number of rotatable bonds is 6. The van der Waals surface area contributed by atoms with Gasteiger partial charge in [-0.1, -0.05) is 33.1 Å². The van der Waals surface area contributed by atoms with Gasteiger partial charge in [0, 0.05) is 13.1 Å². The zero-order valence-electron chi connectivity index (χ0n) is 13.3. The van der Waals surface area contributed by atoms with E-state index in [4.69, 9.17) is 4.74 Å². The van der Waals surface area contributed by atoms with Gasteiger partial charge in [0.25, 0.3) is 0 Å². The first kappa shape index (κ1) is 16.5. The van der Waals surface area contributed by atoms with Crippen LogP contribution in [0.4, 0.5) is 0 Å². The standard InChI is InChI=1S/C16H31NO2/c1-15(2,13-9-7-6-8-10-13)11-17-12-16(3,4)14(18)19-5/h13,17H,6-12H2,1-5H3. The van der Waals surface area contributed by atoms with Crippen LogP contribution in [0.5, 0.6) is 0 Å². The Balaban J connectivity index is 2.40. The van der Waals surface area contributed by atoms with E-state index in [0.29, 0.717) is 12.0 Å².